The quantitative estimate of drug-likeness (QED) is 0.907. The highest BCUT2D eigenvalue weighted by Gasteiger charge is 2.33. The molecule has 4 heteroatoms. The minimum absolute atomic E-state index is 0.103. The number of benzene rings is 1. The Kier molecular flexibility index (Phi) is 3.88. The maximum Gasteiger partial charge on any atom is 0.223 e. The molecule has 110 valence electrons. The maximum absolute atomic E-state index is 12.0. The Bertz CT molecular complexity index is 643. The van der Waals surface area contributed by atoms with Crippen molar-refractivity contribution in [2.45, 2.75) is 44.2 Å². The summed E-state index contributed by atoms with van der Waals surface area (Å²) in [6.07, 6.45) is 5.43. The lowest BCUT2D eigenvalue weighted by Gasteiger charge is -2.21. The maximum atomic E-state index is 12.0. The van der Waals surface area contributed by atoms with E-state index in [1.54, 1.807) is 6.20 Å². The molecule has 1 aromatic carbocycles. The van der Waals surface area contributed by atoms with Crippen LogP contribution in [0.25, 0.3) is 10.8 Å². The predicted molar refractivity (Wildman–Crippen MR) is 81.6 cm³/mol. The number of amides is 1. The molecule has 0 atom stereocenters. The molecule has 0 radical (unpaired) electrons. The van der Waals surface area contributed by atoms with Crippen molar-refractivity contribution in [3.63, 3.8) is 0 Å². The van der Waals surface area contributed by atoms with Crippen LogP contribution in [0, 0.1) is 0 Å². The first-order valence-corrected chi connectivity index (χ1v) is 7.48. The summed E-state index contributed by atoms with van der Waals surface area (Å²) >= 11 is 0. The summed E-state index contributed by atoms with van der Waals surface area (Å²) in [7, 11) is 0. The van der Waals surface area contributed by atoms with Gasteiger partial charge in [-0.3, -0.25) is 9.78 Å². The molecule has 1 aromatic heterocycles. The number of carbonyl (C=O) groups is 1. The lowest BCUT2D eigenvalue weighted by Crippen LogP contribution is -2.34. The summed E-state index contributed by atoms with van der Waals surface area (Å²) in [5.74, 6) is -0.103. The summed E-state index contributed by atoms with van der Waals surface area (Å²) in [6, 6.07) is 9.96. The van der Waals surface area contributed by atoms with Gasteiger partial charge in [0.15, 0.2) is 0 Å². The largest absolute Gasteiger partial charge is 0.389 e. The highest BCUT2D eigenvalue weighted by molar-refractivity contribution is 5.85. The first-order valence-electron chi connectivity index (χ1n) is 7.48. The molecular formula is C17H20N2O2. The van der Waals surface area contributed by atoms with E-state index in [0.717, 1.165) is 42.1 Å². The highest BCUT2D eigenvalue weighted by atomic mass is 16.3. The van der Waals surface area contributed by atoms with Gasteiger partial charge in [-0.15, -0.1) is 0 Å². The van der Waals surface area contributed by atoms with Crippen molar-refractivity contribution in [2.75, 3.05) is 0 Å². The van der Waals surface area contributed by atoms with Crippen LogP contribution in [0.2, 0.25) is 0 Å². The molecule has 0 bridgehead atoms. The van der Waals surface area contributed by atoms with E-state index in [2.05, 4.69) is 10.3 Å². The molecule has 21 heavy (non-hydrogen) atoms. The smallest absolute Gasteiger partial charge is 0.223 e. The van der Waals surface area contributed by atoms with Gasteiger partial charge < -0.3 is 10.4 Å². The lowest BCUT2D eigenvalue weighted by atomic mass is 9.97. The molecule has 1 aliphatic carbocycles. The van der Waals surface area contributed by atoms with Crippen molar-refractivity contribution in [2.24, 2.45) is 0 Å². The van der Waals surface area contributed by atoms with Crippen molar-refractivity contribution < 1.29 is 9.90 Å². The number of nitrogens with one attached hydrogen (secondary N) is 1. The zero-order valence-electron chi connectivity index (χ0n) is 12.0. The van der Waals surface area contributed by atoms with Crippen LogP contribution < -0.4 is 5.32 Å². The van der Waals surface area contributed by atoms with Crippen LogP contribution >= 0.6 is 0 Å². The Morgan fingerprint density at radius 3 is 2.81 bits per heavy atom. The molecule has 0 saturated heterocycles. The summed E-state index contributed by atoms with van der Waals surface area (Å²) in [5, 5.41) is 15.3. The van der Waals surface area contributed by atoms with E-state index in [9.17, 15) is 9.90 Å². The standard InChI is InChI=1S/C17H20N2O2/c20-16(11-17(21)8-3-4-9-17)19-12-15-14-6-2-1-5-13(14)7-10-18-15/h1-2,5-7,10,21H,3-4,8-9,11-12H2,(H,19,20). The second-order valence-corrected chi connectivity index (χ2v) is 5.86. The minimum Gasteiger partial charge on any atom is -0.389 e. The van der Waals surface area contributed by atoms with Crippen LogP contribution in [0.1, 0.15) is 37.8 Å². The SMILES string of the molecule is O=C(CC1(O)CCCC1)NCc1nccc2ccccc12. The molecule has 4 nitrogen and oxygen atoms in total. The Hall–Kier alpha value is -1.94. The molecule has 2 N–H and O–H groups in total. The molecule has 1 amide bonds. The first kappa shape index (κ1) is 14.0. The highest BCUT2D eigenvalue weighted by Crippen LogP contribution is 2.32. The number of carbonyl (C=O) groups excluding carboxylic acids is 1. The van der Waals surface area contributed by atoms with Gasteiger partial charge in [-0.1, -0.05) is 37.1 Å². The molecule has 1 fully saturated rings. The van der Waals surface area contributed by atoms with Crippen molar-refractivity contribution in [1.82, 2.24) is 10.3 Å². The third-order valence-corrected chi connectivity index (χ3v) is 4.23. The number of fused-ring (bicyclic) bond motifs is 1. The van der Waals surface area contributed by atoms with Crippen LogP contribution in [-0.4, -0.2) is 21.6 Å². The van der Waals surface area contributed by atoms with Gasteiger partial charge in [0.1, 0.15) is 0 Å². The molecule has 1 heterocycles. The normalized spacial score (nSPS) is 17.0. The van der Waals surface area contributed by atoms with Crippen LogP contribution in [0.5, 0.6) is 0 Å². The fraction of sp³-hybridized carbons (Fsp3) is 0.412. The fourth-order valence-electron chi connectivity index (χ4n) is 3.08. The zero-order valence-corrected chi connectivity index (χ0v) is 12.0. The first-order chi connectivity index (χ1) is 10.2. The van der Waals surface area contributed by atoms with Gasteiger partial charge in [0.25, 0.3) is 0 Å². The molecule has 0 unspecified atom stereocenters. The number of hydrogen-bond donors (Lipinski definition) is 2. The van der Waals surface area contributed by atoms with Gasteiger partial charge in [0.2, 0.25) is 5.91 Å². The number of aliphatic hydroxyl groups is 1. The second kappa shape index (κ2) is 5.82. The number of aromatic nitrogens is 1. The summed E-state index contributed by atoms with van der Waals surface area (Å²) in [4.78, 5) is 16.4. The molecule has 1 aliphatic rings. The Labute approximate surface area is 124 Å². The van der Waals surface area contributed by atoms with E-state index in [1.807, 2.05) is 30.3 Å². The molecule has 1 saturated carbocycles. The van der Waals surface area contributed by atoms with Gasteiger partial charge in [-0.25, -0.2) is 0 Å². The third kappa shape index (κ3) is 3.22. The van der Waals surface area contributed by atoms with Gasteiger partial charge in [-0.2, -0.15) is 0 Å². The van der Waals surface area contributed by atoms with Crippen molar-refractivity contribution in [3.8, 4) is 0 Å². The average Bonchev–Trinajstić information content (AvgIpc) is 2.91. The predicted octanol–water partition coefficient (Wildman–Crippen LogP) is 2.55. The van der Waals surface area contributed by atoms with E-state index in [0.29, 0.717) is 6.54 Å². The van der Waals surface area contributed by atoms with E-state index >= 15 is 0 Å². The zero-order chi connectivity index (χ0) is 14.7. The van der Waals surface area contributed by atoms with E-state index in [1.165, 1.54) is 0 Å². The Morgan fingerprint density at radius 2 is 2.00 bits per heavy atom. The van der Waals surface area contributed by atoms with Gasteiger partial charge >= 0.3 is 0 Å². The van der Waals surface area contributed by atoms with Gasteiger partial charge in [0.05, 0.1) is 24.3 Å². The number of hydrogen-bond acceptors (Lipinski definition) is 3. The average molecular weight is 284 g/mol. The van der Waals surface area contributed by atoms with Crippen LogP contribution in [0.4, 0.5) is 0 Å². The molecule has 0 aliphatic heterocycles. The lowest BCUT2D eigenvalue weighted by molar-refractivity contribution is -0.126. The van der Waals surface area contributed by atoms with Crippen molar-refractivity contribution in [1.29, 1.82) is 0 Å². The Morgan fingerprint density at radius 1 is 1.24 bits per heavy atom. The van der Waals surface area contributed by atoms with Gasteiger partial charge in [0, 0.05) is 11.6 Å². The number of rotatable bonds is 4. The van der Waals surface area contributed by atoms with Crippen LogP contribution in [0.15, 0.2) is 36.5 Å². The fourth-order valence-corrected chi connectivity index (χ4v) is 3.08. The topological polar surface area (TPSA) is 62.2 Å². The third-order valence-electron chi connectivity index (χ3n) is 4.23. The molecule has 2 aromatic rings. The molecule has 0 spiro atoms. The monoisotopic (exact) mass is 284 g/mol. The summed E-state index contributed by atoms with van der Waals surface area (Å²) in [5.41, 5.74) is 0.0656. The van der Waals surface area contributed by atoms with Crippen LogP contribution in [-0.2, 0) is 11.3 Å². The Balaban J connectivity index is 1.65. The van der Waals surface area contributed by atoms with Crippen molar-refractivity contribution in [3.05, 3.63) is 42.2 Å². The number of nitrogens with zero attached hydrogens (tertiary/aromatic N) is 1. The van der Waals surface area contributed by atoms with E-state index in [-0.39, 0.29) is 12.3 Å². The second-order valence-electron chi connectivity index (χ2n) is 5.86. The van der Waals surface area contributed by atoms with Crippen molar-refractivity contribution >= 4 is 16.7 Å². The molecular weight excluding hydrogens is 264 g/mol. The van der Waals surface area contributed by atoms with Gasteiger partial charge in [-0.05, 0) is 24.3 Å². The van der Waals surface area contributed by atoms with Crippen LogP contribution in [0.3, 0.4) is 0 Å². The number of pyridine rings is 1. The minimum atomic E-state index is -0.795. The summed E-state index contributed by atoms with van der Waals surface area (Å²) in [6.45, 7) is 0.399. The summed E-state index contributed by atoms with van der Waals surface area (Å²) < 4.78 is 0. The van der Waals surface area contributed by atoms with E-state index in [4.69, 9.17) is 0 Å². The molecule has 3 rings (SSSR count). The van der Waals surface area contributed by atoms with E-state index < -0.39 is 5.60 Å².